The molecule has 2 fully saturated rings. The van der Waals surface area contributed by atoms with Crippen LogP contribution in [-0.2, 0) is 9.53 Å². The number of carbonyl (C=O) groups excluding carboxylic acids is 1. The summed E-state index contributed by atoms with van der Waals surface area (Å²) >= 11 is 0. The number of aryl methyl sites for hydroxylation is 1. The molecule has 0 bridgehead atoms. The zero-order chi connectivity index (χ0) is 26.3. The number of hydrogen-bond acceptors (Lipinski definition) is 7. The zero-order valence-corrected chi connectivity index (χ0v) is 20.7. The van der Waals surface area contributed by atoms with E-state index in [0.29, 0.717) is 41.8 Å². The number of anilines is 1. The third-order valence-electron chi connectivity index (χ3n) is 7.03. The van der Waals surface area contributed by atoms with Gasteiger partial charge in [-0.3, -0.25) is 4.79 Å². The van der Waals surface area contributed by atoms with Gasteiger partial charge in [-0.25, -0.2) is 23.1 Å². The van der Waals surface area contributed by atoms with Gasteiger partial charge in [0.15, 0.2) is 5.65 Å². The van der Waals surface area contributed by atoms with Crippen molar-refractivity contribution in [3.63, 3.8) is 0 Å². The first-order valence-electron chi connectivity index (χ1n) is 12.2. The van der Waals surface area contributed by atoms with Crippen molar-refractivity contribution in [3.05, 3.63) is 52.6 Å². The Bertz CT molecular complexity index is 1330. The third-order valence-corrected chi connectivity index (χ3v) is 7.03. The van der Waals surface area contributed by atoms with Crippen molar-refractivity contribution in [2.75, 3.05) is 25.6 Å². The Morgan fingerprint density at radius 1 is 1.16 bits per heavy atom. The summed E-state index contributed by atoms with van der Waals surface area (Å²) in [6, 6.07) is 5.29. The molecule has 0 radical (unpaired) electrons. The number of halogens is 3. The summed E-state index contributed by atoms with van der Waals surface area (Å²) < 4.78 is 51.9. The van der Waals surface area contributed by atoms with Crippen molar-refractivity contribution in [3.8, 4) is 5.88 Å². The highest BCUT2D eigenvalue weighted by Gasteiger charge is 2.36. The molecule has 2 aromatic heterocycles. The van der Waals surface area contributed by atoms with Gasteiger partial charge in [0.25, 0.3) is 6.43 Å². The lowest BCUT2D eigenvalue weighted by Crippen LogP contribution is -2.50. The molecule has 37 heavy (non-hydrogen) atoms. The molecule has 1 aromatic carbocycles. The van der Waals surface area contributed by atoms with Gasteiger partial charge in [0.2, 0.25) is 11.8 Å². The Morgan fingerprint density at radius 2 is 1.89 bits per heavy atom. The third kappa shape index (κ3) is 4.92. The molecule has 1 saturated heterocycles. The fourth-order valence-electron chi connectivity index (χ4n) is 4.78. The maximum Gasteiger partial charge on any atom is 0.266 e. The van der Waals surface area contributed by atoms with Gasteiger partial charge in [-0.1, -0.05) is 18.2 Å². The molecular weight excluding hydrogens is 487 g/mol. The number of benzene rings is 1. The second-order valence-electron chi connectivity index (χ2n) is 9.60. The summed E-state index contributed by atoms with van der Waals surface area (Å²) in [4.78, 5) is 25.8. The van der Waals surface area contributed by atoms with E-state index in [0.717, 1.165) is 24.5 Å². The van der Waals surface area contributed by atoms with Crippen LogP contribution in [0.2, 0.25) is 0 Å². The number of ether oxygens (including phenoxy) is 2. The number of amides is 1. The molecule has 2 N–H and O–H groups in total. The van der Waals surface area contributed by atoms with Crippen LogP contribution in [-0.4, -0.2) is 47.2 Å². The minimum Gasteiger partial charge on any atom is -0.481 e. The lowest BCUT2D eigenvalue weighted by atomic mass is 9.75. The van der Waals surface area contributed by atoms with Crippen LogP contribution in [0, 0.1) is 18.7 Å². The Hall–Kier alpha value is -3.47. The van der Waals surface area contributed by atoms with Crippen molar-refractivity contribution >= 4 is 22.8 Å². The Balaban J connectivity index is 1.41. The average molecular weight is 516 g/mol. The molecule has 1 atom stereocenters. The van der Waals surface area contributed by atoms with Crippen molar-refractivity contribution in [1.29, 1.82) is 0 Å². The predicted molar refractivity (Wildman–Crippen MR) is 130 cm³/mol. The number of nitrogens with zero attached hydrogens (tertiary/aromatic N) is 3. The molecule has 0 spiro atoms. The van der Waals surface area contributed by atoms with Gasteiger partial charge in [0.05, 0.1) is 43.2 Å². The lowest BCUT2D eigenvalue weighted by molar-refractivity contribution is -0.140. The summed E-state index contributed by atoms with van der Waals surface area (Å²) in [6.07, 6.45) is -1.44. The molecule has 3 heterocycles. The van der Waals surface area contributed by atoms with Crippen LogP contribution in [0.25, 0.3) is 11.0 Å². The SMILES string of the molecule is COc1nc2nc(C)nc(N[C@H](C)c3cccc(C(F)F)c3F)c2cc1[C@H]1C[C@@H](NC(=O)C2COC2)C1. The number of pyridine rings is 1. The Labute approximate surface area is 212 Å². The first-order valence-corrected chi connectivity index (χ1v) is 12.2. The first kappa shape index (κ1) is 25.2. The molecule has 3 aromatic rings. The van der Waals surface area contributed by atoms with E-state index >= 15 is 0 Å². The monoisotopic (exact) mass is 515 g/mol. The number of nitrogens with one attached hydrogen (secondary N) is 2. The van der Waals surface area contributed by atoms with E-state index in [2.05, 4.69) is 25.6 Å². The summed E-state index contributed by atoms with van der Waals surface area (Å²) in [5.41, 5.74) is 0.735. The standard InChI is InChI=1S/C26H28F3N5O3/c1-12(17-5-4-6-18(21(17)27)22(28)29)30-23-20-9-19(26(36-3)34-24(20)32-13(2)31-23)14-7-16(8-14)33-25(35)15-10-37-11-15/h4-6,9,12,14-16,22H,7-8,10-11H2,1-3H3,(H,33,35)(H,30,31,32,34)/t12-,14-,16+/m1/s1. The molecule has 0 unspecified atom stereocenters. The predicted octanol–water partition coefficient (Wildman–Crippen LogP) is 4.60. The largest absolute Gasteiger partial charge is 0.481 e. The summed E-state index contributed by atoms with van der Waals surface area (Å²) in [5.74, 6) is 0.428. The van der Waals surface area contributed by atoms with E-state index in [1.165, 1.54) is 12.1 Å². The van der Waals surface area contributed by atoms with Crippen LogP contribution >= 0.6 is 0 Å². The topological polar surface area (TPSA) is 98.3 Å². The van der Waals surface area contributed by atoms with Crippen LogP contribution < -0.4 is 15.4 Å². The van der Waals surface area contributed by atoms with Crippen LogP contribution in [0.5, 0.6) is 5.88 Å². The molecule has 1 amide bonds. The first-order chi connectivity index (χ1) is 17.7. The Kier molecular flexibility index (Phi) is 6.89. The molecule has 1 aliphatic carbocycles. The van der Waals surface area contributed by atoms with E-state index in [1.54, 1.807) is 21.0 Å². The summed E-state index contributed by atoms with van der Waals surface area (Å²) in [7, 11) is 1.54. The fraction of sp³-hybridized carbons (Fsp3) is 0.462. The molecule has 1 aliphatic heterocycles. The number of carbonyl (C=O) groups is 1. The quantitative estimate of drug-likeness (QED) is 0.453. The minimum absolute atomic E-state index is 0.0193. The fourth-order valence-corrected chi connectivity index (χ4v) is 4.78. The number of rotatable bonds is 8. The second kappa shape index (κ2) is 10.1. The number of fused-ring (bicyclic) bond motifs is 1. The second-order valence-corrected chi connectivity index (χ2v) is 9.60. The van der Waals surface area contributed by atoms with Crippen LogP contribution in [0.15, 0.2) is 24.3 Å². The van der Waals surface area contributed by atoms with E-state index in [9.17, 15) is 18.0 Å². The van der Waals surface area contributed by atoms with Gasteiger partial charge in [0, 0.05) is 17.2 Å². The summed E-state index contributed by atoms with van der Waals surface area (Å²) in [5, 5.41) is 6.84. The van der Waals surface area contributed by atoms with Gasteiger partial charge in [-0.05, 0) is 38.7 Å². The number of methoxy groups -OCH3 is 1. The van der Waals surface area contributed by atoms with Gasteiger partial charge in [-0.2, -0.15) is 4.98 Å². The van der Waals surface area contributed by atoms with E-state index in [1.807, 2.05) is 6.07 Å². The molecule has 1 saturated carbocycles. The minimum atomic E-state index is -2.91. The number of alkyl halides is 2. The van der Waals surface area contributed by atoms with Crippen molar-refractivity contribution in [2.24, 2.45) is 5.92 Å². The highest BCUT2D eigenvalue weighted by atomic mass is 19.3. The Morgan fingerprint density at radius 3 is 2.54 bits per heavy atom. The van der Waals surface area contributed by atoms with E-state index < -0.39 is 23.8 Å². The molecule has 8 nitrogen and oxygen atoms in total. The van der Waals surface area contributed by atoms with E-state index in [4.69, 9.17) is 9.47 Å². The van der Waals surface area contributed by atoms with E-state index in [-0.39, 0.29) is 29.3 Å². The highest BCUT2D eigenvalue weighted by molar-refractivity contribution is 5.88. The molecular formula is C26H28F3N5O3. The normalized spacial score (nSPS) is 20.3. The smallest absolute Gasteiger partial charge is 0.266 e. The van der Waals surface area contributed by atoms with Crippen molar-refractivity contribution in [2.45, 2.75) is 51.1 Å². The van der Waals surface area contributed by atoms with Crippen LogP contribution in [0.3, 0.4) is 0 Å². The average Bonchev–Trinajstić information content (AvgIpc) is 2.79. The lowest BCUT2D eigenvalue weighted by Gasteiger charge is -2.38. The van der Waals surface area contributed by atoms with Crippen LogP contribution in [0.4, 0.5) is 19.0 Å². The maximum atomic E-state index is 14.8. The maximum absolute atomic E-state index is 14.8. The van der Waals surface area contributed by atoms with Crippen molar-refractivity contribution in [1.82, 2.24) is 20.3 Å². The van der Waals surface area contributed by atoms with Gasteiger partial charge >= 0.3 is 0 Å². The summed E-state index contributed by atoms with van der Waals surface area (Å²) in [6.45, 7) is 4.32. The number of hydrogen-bond donors (Lipinski definition) is 2. The highest BCUT2D eigenvalue weighted by Crippen LogP contribution is 2.42. The number of aromatic nitrogens is 3. The molecule has 5 rings (SSSR count). The molecule has 11 heteroatoms. The van der Waals surface area contributed by atoms with Crippen molar-refractivity contribution < 1.29 is 27.4 Å². The van der Waals surface area contributed by atoms with Crippen LogP contribution in [0.1, 0.15) is 60.7 Å². The van der Waals surface area contributed by atoms with Gasteiger partial charge < -0.3 is 20.1 Å². The molecule has 196 valence electrons. The molecule has 2 aliphatic rings. The zero-order valence-electron chi connectivity index (χ0n) is 20.7. The van der Waals surface area contributed by atoms with Gasteiger partial charge in [-0.15, -0.1) is 0 Å². The van der Waals surface area contributed by atoms with Gasteiger partial charge in [0.1, 0.15) is 17.5 Å².